The fraction of sp³-hybridized carbons (Fsp3) is 0.0769. The van der Waals surface area contributed by atoms with Gasteiger partial charge < -0.3 is 10.1 Å². The van der Waals surface area contributed by atoms with Crippen molar-refractivity contribution in [2.24, 2.45) is 0 Å². The van der Waals surface area contributed by atoms with Gasteiger partial charge in [0.2, 0.25) is 5.82 Å². The van der Waals surface area contributed by atoms with Crippen LogP contribution in [0.25, 0.3) is 22.5 Å². The number of carbonyl (C=O) groups is 1. The lowest BCUT2D eigenvalue weighted by molar-refractivity contribution is 0.0474. The van der Waals surface area contributed by atoms with Gasteiger partial charge in [0.05, 0.1) is 16.3 Å². The first kappa shape index (κ1) is 20.3. The Morgan fingerprint density at radius 2 is 1.79 bits per heavy atom. The molecular weight excluding hydrogens is 446 g/mol. The molecule has 0 atom stereocenters. The highest BCUT2D eigenvalue weighted by Gasteiger charge is 2.22. The van der Waals surface area contributed by atoms with Crippen LogP contribution >= 0.6 is 11.3 Å². The zero-order chi connectivity index (χ0) is 22.9. The van der Waals surface area contributed by atoms with E-state index >= 15 is 0 Å². The van der Waals surface area contributed by atoms with Crippen LogP contribution in [0.5, 0.6) is 0 Å². The minimum Gasteiger partial charge on any atom is -0.457 e. The Morgan fingerprint density at radius 3 is 2.62 bits per heavy atom. The maximum absolute atomic E-state index is 12.9. The van der Waals surface area contributed by atoms with Crippen molar-refractivity contribution in [2.75, 3.05) is 5.32 Å². The number of aromatic nitrogens is 4. The molecule has 3 aromatic carbocycles. The SMILES string of the molecule is O=C(OCc1ccc(-c2ccccc2-c2nn[nH]n2)cc1)c1cccc2c1Nc1sccc1C2. The summed E-state index contributed by atoms with van der Waals surface area (Å²) in [6.07, 6.45) is 0.815. The summed E-state index contributed by atoms with van der Waals surface area (Å²) in [5, 5.41) is 20.9. The quantitative estimate of drug-likeness (QED) is 0.322. The van der Waals surface area contributed by atoms with Crippen LogP contribution in [-0.4, -0.2) is 26.6 Å². The molecule has 2 N–H and O–H groups in total. The highest BCUT2D eigenvalue weighted by molar-refractivity contribution is 7.14. The monoisotopic (exact) mass is 465 g/mol. The van der Waals surface area contributed by atoms with Crippen molar-refractivity contribution in [1.82, 2.24) is 20.6 Å². The Kier molecular flexibility index (Phi) is 5.12. The number of nitrogens with one attached hydrogen (secondary N) is 2. The van der Waals surface area contributed by atoms with Gasteiger partial charge in [-0.15, -0.1) is 21.5 Å². The van der Waals surface area contributed by atoms with Gasteiger partial charge >= 0.3 is 5.97 Å². The van der Waals surface area contributed by atoms with Crippen molar-refractivity contribution < 1.29 is 9.53 Å². The molecule has 0 spiro atoms. The summed E-state index contributed by atoms with van der Waals surface area (Å²) in [6.45, 7) is 0.194. The number of rotatable bonds is 5. The van der Waals surface area contributed by atoms with Crippen molar-refractivity contribution in [1.29, 1.82) is 0 Å². The van der Waals surface area contributed by atoms with Crippen LogP contribution in [0.4, 0.5) is 10.7 Å². The third kappa shape index (κ3) is 3.74. The molecule has 0 fully saturated rings. The van der Waals surface area contributed by atoms with Gasteiger partial charge in [0.15, 0.2) is 0 Å². The average molecular weight is 466 g/mol. The lowest BCUT2D eigenvalue weighted by atomic mass is 9.98. The minimum atomic E-state index is -0.337. The standard InChI is InChI=1S/C26H19N5O2S/c32-26(22-7-3-4-18-14-19-12-13-34-25(19)27-23(18)22)33-15-16-8-10-17(11-9-16)20-5-1-2-6-21(20)24-28-30-31-29-24/h1-13,27H,14-15H2,(H,28,29,30,31). The molecule has 5 aromatic rings. The van der Waals surface area contributed by atoms with Gasteiger partial charge in [-0.25, -0.2) is 4.79 Å². The van der Waals surface area contributed by atoms with E-state index in [4.69, 9.17) is 4.74 Å². The van der Waals surface area contributed by atoms with E-state index in [0.717, 1.165) is 44.9 Å². The Bertz CT molecular complexity index is 1480. The van der Waals surface area contributed by atoms with Crippen molar-refractivity contribution in [3.05, 3.63) is 100 Å². The van der Waals surface area contributed by atoms with Gasteiger partial charge in [0, 0.05) is 12.0 Å². The Balaban J connectivity index is 1.18. The molecule has 0 saturated heterocycles. The first-order chi connectivity index (χ1) is 16.8. The molecule has 0 amide bonds. The number of fused-ring (bicyclic) bond motifs is 2. The molecule has 34 heavy (non-hydrogen) atoms. The Hall–Kier alpha value is -4.30. The van der Waals surface area contributed by atoms with E-state index in [0.29, 0.717) is 11.4 Å². The maximum atomic E-state index is 12.9. The molecule has 166 valence electrons. The zero-order valence-corrected chi connectivity index (χ0v) is 18.8. The molecule has 3 heterocycles. The number of para-hydroxylation sites is 1. The molecule has 1 aliphatic rings. The van der Waals surface area contributed by atoms with Gasteiger partial charge in [-0.05, 0) is 50.5 Å². The normalized spacial score (nSPS) is 11.9. The topological polar surface area (TPSA) is 92.8 Å². The van der Waals surface area contributed by atoms with Crippen LogP contribution < -0.4 is 5.32 Å². The predicted molar refractivity (Wildman–Crippen MR) is 131 cm³/mol. The molecule has 0 aliphatic carbocycles. The summed E-state index contributed by atoms with van der Waals surface area (Å²) >= 11 is 1.64. The summed E-state index contributed by atoms with van der Waals surface area (Å²) in [5.41, 5.74) is 7.58. The number of benzene rings is 3. The van der Waals surface area contributed by atoms with Crippen LogP contribution in [0, 0.1) is 0 Å². The summed E-state index contributed by atoms with van der Waals surface area (Å²) in [6, 6.07) is 23.7. The number of thiophene rings is 1. The van der Waals surface area contributed by atoms with Crippen LogP contribution in [0.15, 0.2) is 78.2 Å². The fourth-order valence-electron chi connectivity index (χ4n) is 4.18. The Labute approximate surface area is 199 Å². The molecule has 0 bridgehead atoms. The van der Waals surface area contributed by atoms with Gasteiger partial charge in [-0.3, -0.25) is 0 Å². The van der Waals surface area contributed by atoms with E-state index in [2.05, 4.69) is 37.4 Å². The lowest BCUT2D eigenvalue weighted by Crippen LogP contribution is -2.12. The Morgan fingerprint density at radius 1 is 0.941 bits per heavy atom. The van der Waals surface area contributed by atoms with E-state index in [-0.39, 0.29) is 12.6 Å². The molecule has 6 rings (SSSR count). The number of esters is 1. The third-order valence-corrected chi connectivity index (χ3v) is 6.76. The number of aromatic amines is 1. The van der Waals surface area contributed by atoms with Crippen molar-refractivity contribution >= 4 is 28.0 Å². The number of H-pyrrole nitrogens is 1. The third-order valence-electron chi connectivity index (χ3n) is 5.89. The summed E-state index contributed by atoms with van der Waals surface area (Å²) in [5.74, 6) is 0.207. The zero-order valence-electron chi connectivity index (χ0n) is 18.0. The molecule has 0 unspecified atom stereocenters. The molecule has 0 radical (unpaired) electrons. The minimum absolute atomic E-state index is 0.194. The van der Waals surface area contributed by atoms with Crippen LogP contribution in [0.3, 0.4) is 0 Å². The van der Waals surface area contributed by atoms with E-state index in [1.165, 1.54) is 5.56 Å². The predicted octanol–water partition coefficient (Wildman–Crippen LogP) is 5.60. The number of nitrogens with zero attached hydrogens (tertiary/aromatic N) is 3. The summed E-state index contributed by atoms with van der Waals surface area (Å²) in [7, 11) is 0. The summed E-state index contributed by atoms with van der Waals surface area (Å²) < 4.78 is 5.67. The number of anilines is 2. The lowest BCUT2D eigenvalue weighted by Gasteiger charge is -2.20. The van der Waals surface area contributed by atoms with Crippen LogP contribution in [0.1, 0.15) is 27.0 Å². The van der Waals surface area contributed by atoms with Crippen LogP contribution in [-0.2, 0) is 17.8 Å². The van der Waals surface area contributed by atoms with E-state index < -0.39 is 0 Å². The molecule has 2 aromatic heterocycles. The number of ether oxygens (including phenoxy) is 1. The van der Waals surface area contributed by atoms with E-state index in [9.17, 15) is 4.79 Å². The van der Waals surface area contributed by atoms with Gasteiger partial charge in [0.25, 0.3) is 0 Å². The maximum Gasteiger partial charge on any atom is 0.340 e. The van der Waals surface area contributed by atoms with E-state index in [1.54, 1.807) is 11.3 Å². The van der Waals surface area contributed by atoms with Crippen molar-refractivity contribution in [2.45, 2.75) is 13.0 Å². The number of hydrogen-bond donors (Lipinski definition) is 2. The second-order valence-electron chi connectivity index (χ2n) is 7.97. The highest BCUT2D eigenvalue weighted by Crippen LogP contribution is 2.38. The number of tetrazole rings is 1. The molecule has 1 aliphatic heterocycles. The van der Waals surface area contributed by atoms with Gasteiger partial charge in [0.1, 0.15) is 6.61 Å². The number of hydrogen-bond acceptors (Lipinski definition) is 7. The van der Waals surface area contributed by atoms with Crippen molar-refractivity contribution in [3.8, 4) is 22.5 Å². The molecule has 7 nitrogen and oxygen atoms in total. The van der Waals surface area contributed by atoms with Gasteiger partial charge in [-0.2, -0.15) is 5.21 Å². The van der Waals surface area contributed by atoms with Crippen LogP contribution in [0.2, 0.25) is 0 Å². The molecule has 8 heteroatoms. The van der Waals surface area contributed by atoms with Gasteiger partial charge in [-0.1, -0.05) is 60.7 Å². The molecule has 0 saturated carbocycles. The average Bonchev–Trinajstić information content (AvgIpc) is 3.58. The molecular formula is C26H19N5O2S. The number of carbonyl (C=O) groups excluding carboxylic acids is 1. The fourth-order valence-corrected chi connectivity index (χ4v) is 5.00. The summed E-state index contributed by atoms with van der Waals surface area (Å²) in [4.78, 5) is 12.9. The smallest absolute Gasteiger partial charge is 0.340 e. The second-order valence-corrected chi connectivity index (χ2v) is 8.89. The second kappa shape index (κ2) is 8.57. The first-order valence-corrected chi connectivity index (χ1v) is 11.7. The van der Waals surface area contributed by atoms with E-state index in [1.807, 2.05) is 66.7 Å². The first-order valence-electron chi connectivity index (χ1n) is 10.8. The largest absolute Gasteiger partial charge is 0.457 e. The highest BCUT2D eigenvalue weighted by atomic mass is 32.1. The van der Waals surface area contributed by atoms with Crippen molar-refractivity contribution in [3.63, 3.8) is 0 Å².